The number of aromatic nitrogens is 1. The van der Waals surface area contributed by atoms with Crippen LogP contribution in [0.5, 0.6) is 5.75 Å². The number of hydrogen-bond acceptors (Lipinski definition) is 5. The van der Waals surface area contributed by atoms with Gasteiger partial charge in [-0.15, -0.1) is 11.3 Å². The Hall–Kier alpha value is -2.41. The van der Waals surface area contributed by atoms with Gasteiger partial charge in [0.2, 0.25) is 0 Å². The van der Waals surface area contributed by atoms with Crippen molar-refractivity contribution < 1.29 is 14.3 Å². The van der Waals surface area contributed by atoms with E-state index in [0.717, 1.165) is 10.4 Å². The van der Waals surface area contributed by atoms with Gasteiger partial charge in [-0.1, -0.05) is 35.3 Å². The fourth-order valence-electron chi connectivity index (χ4n) is 2.37. The monoisotopic (exact) mass is 420 g/mol. The van der Waals surface area contributed by atoms with Crippen molar-refractivity contribution in [1.82, 2.24) is 4.98 Å². The first kappa shape index (κ1) is 19.4. The lowest BCUT2D eigenvalue weighted by atomic mass is 10.1. The molecule has 0 aliphatic heterocycles. The van der Waals surface area contributed by atoms with E-state index in [1.807, 2.05) is 12.1 Å². The number of carbonyl (C=O) groups is 2. The Bertz CT molecular complexity index is 955. The molecule has 0 saturated heterocycles. The second-order valence-electron chi connectivity index (χ2n) is 5.58. The third-order valence-corrected chi connectivity index (χ3v) is 4.85. The maximum Gasteiger partial charge on any atom is 0.264 e. The average molecular weight is 421 g/mol. The third-order valence-electron chi connectivity index (χ3n) is 3.51. The summed E-state index contributed by atoms with van der Waals surface area (Å²) in [6.45, 7) is -0.219. The first-order chi connectivity index (χ1) is 13.0. The summed E-state index contributed by atoms with van der Waals surface area (Å²) in [5.41, 5.74) is 1.35. The standard InChI is InChI=1S/C19H14Cl2N2O3S/c20-14-5-12(6-15(21)8-14)7-16-9-22-19(27-16)23-18(25)11-26-17-4-2-1-3-13(17)10-24/h1-6,8-10H,7,11H2,(H,22,23,25). The molecule has 0 spiro atoms. The van der Waals surface area contributed by atoms with Crippen molar-refractivity contribution in [2.75, 3.05) is 11.9 Å². The van der Waals surface area contributed by atoms with Gasteiger partial charge in [0, 0.05) is 27.5 Å². The number of nitrogens with zero attached hydrogens (tertiary/aromatic N) is 1. The molecule has 0 atom stereocenters. The first-order valence-electron chi connectivity index (χ1n) is 7.90. The van der Waals surface area contributed by atoms with Crippen LogP contribution in [0.4, 0.5) is 5.13 Å². The molecule has 2 aromatic carbocycles. The third kappa shape index (κ3) is 5.53. The quantitative estimate of drug-likeness (QED) is 0.553. The van der Waals surface area contributed by atoms with Crippen LogP contribution in [-0.4, -0.2) is 23.8 Å². The van der Waals surface area contributed by atoms with Crippen LogP contribution in [0.25, 0.3) is 0 Å². The van der Waals surface area contributed by atoms with Crippen molar-refractivity contribution in [2.24, 2.45) is 0 Å². The van der Waals surface area contributed by atoms with E-state index in [9.17, 15) is 9.59 Å². The molecule has 0 saturated carbocycles. The molecule has 27 heavy (non-hydrogen) atoms. The lowest BCUT2D eigenvalue weighted by Crippen LogP contribution is -2.20. The molecule has 1 amide bonds. The summed E-state index contributed by atoms with van der Waals surface area (Å²) in [7, 11) is 0. The molecule has 0 aliphatic rings. The largest absolute Gasteiger partial charge is 0.483 e. The van der Waals surface area contributed by atoms with Crippen molar-refractivity contribution in [3.8, 4) is 5.75 Å². The minimum absolute atomic E-state index is 0.219. The molecule has 8 heteroatoms. The predicted octanol–water partition coefficient (Wildman–Crippen LogP) is 4.87. The number of benzene rings is 2. The maximum atomic E-state index is 12.0. The summed E-state index contributed by atoms with van der Waals surface area (Å²) in [5, 5.41) is 4.29. The van der Waals surface area contributed by atoms with E-state index in [4.69, 9.17) is 27.9 Å². The number of para-hydroxylation sites is 1. The summed E-state index contributed by atoms with van der Waals surface area (Å²) >= 11 is 13.4. The number of hydrogen-bond donors (Lipinski definition) is 1. The molecule has 0 radical (unpaired) electrons. The minimum atomic E-state index is -0.359. The van der Waals surface area contributed by atoms with Crippen LogP contribution in [0.1, 0.15) is 20.8 Å². The number of aldehydes is 1. The van der Waals surface area contributed by atoms with Gasteiger partial charge in [-0.2, -0.15) is 0 Å². The van der Waals surface area contributed by atoms with Crippen molar-refractivity contribution in [3.05, 3.63) is 74.7 Å². The summed E-state index contributed by atoms with van der Waals surface area (Å²) in [6.07, 6.45) is 2.98. The highest BCUT2D eigenvalue weighted by molar-refractivity contribution is 7.15. The topological polar surface area (TPSA) is 68.3 Å². The number of amides is 1. The Kier molecular flexibility index (Phi) is 6.45. The molecule has 0 bridgehead atoms. The molecular weight excluding hydrogens is 407 g/mol. The normalized spacial score (nSPS) is 10.4. The van der Waals surface area contributed by atoms with Crippen LogP contribution in [0.2, 0.25) is 10.0 Å². The minimum Gasteiger partial charge on any atom is -0.483 e. The van der Waals surface area contributed by atoms with E-state index >= 15 is 0 Å². The number of nitrogens with one attached hydrogen (secondary N) is 1. The number of carbonyl (C=O) groups excluding carboxylic acids is 2. The van der Waals surface area contributed by atoms with E-state index in [1.54, 1.807) is 36.5 Å². The van der Waals surface area contributed by atoms with E-state index in [1.165, 1.54) is 11.3 Å². The van der Waals surface area contributed by atoms with Crippen LogP contribution in [0, 0.1) is 0 Å². The van der Waals surface area contributed by atoms with Gasteiger partial charge in [-0.25, -0.2) is 4.98 Å². The molecule has 1 heterocycles. The van der Waals surface area contributed by atoms with Crippen LogP contribution in [-0.2, 0) is 11.2 Å². The molecular formula is C19H14Cl2N2O3S. The molecule has 138 valence electrons. The van der Waals surface area contributed by atoms with Gasteiger partial charge in [0.15, 0.2) is 18.0 Å². The highest BCUT2D eigenvalue weighted by Crippen LogP contribution is 2.25. The molecule has 3 aromatic rings. The Morgan fingerprint density at radius 2 is 1.93 bits per heavy atom. The smallest absolute Gasteiger partial charge is 0.264 e. The number of thiazole rings is 1. The van der Waals surface area contributed by atoms with Gasteiger partial charge in [0.1, 0.15) is 5.75 Å². The van der Waals surface area contributed by atoms with E-state index < -0.39 is 0 Å². The fraction of sp³-hybridized carbons (Fsp3) is 0.105. The highest BCUT2D eigenvalue weighted by Gasteiger charge is 2.10. The van der Waals surface area contributed by atoms with Gasteiger partial charge < -0.3 is 4.74 Å². The van der Waals surface area contributed by atoms with Gasteiger partial charge >= 0.3 is 0 Å². The van der Waals surface area contributed by atoms with Gasteiger partial charge in [-0.05, 0) is 35.9 Å². The van der Waals surface area contributed by atoms with E-state index in [2.05, 4.69) is 10.3 Å². The van der Waals surface area contributed by atoms with Crippen molar-refractivity contribution >= 4 is 51.9 Å². The summed E-state index contributed by atoms with van der Waals surface area (Å²) in [6, 6.07) is 12.1. The lowest BCUT2D eigenvalue weighted by Gasteiger charge is -2.07. The van der Waals surface area contributed by atoms with Crippen LogP contribution >= 0.6 is 34.5 Å². The van der Waals surface area contributed by atoms with Crippen LogP contribution in [0.3, 0.4) is 0 Å². The molecule has 1 N–H and O–H groups in total. The van der Waals surface area contributed by atoms with Crippen molar-refractivity contribution in [1.29, 1.82) is 0 Å². The SMILES string of the molecule is O=Cc1ccccc1OCC(=O)Nc1ncc(Cc2cc(Cl)cc(Cl)c2)s1. The Morgan fingerprint density at radius 1 is 1.19 bits per heavy atom. The number of ether oxygens (including phenoxy) is 1. The van der Waals surface area contributed by atoms with Gasteiger partial charge in [0.05, 0.1) is 5.56 Å². The Balaban J connectivity index is 1.57. The van der Waals surface area contributed by atoms with E-state index in [-0.39, 0.29) is 12.5 Å². The van der Waals surface area contributed by atoms with E-state index in [0.29, 0.717) is 39.2 Å². The summed E-state index contributed by atoms with van der Waals surface area (Å²) in [5.74, 6) is 0.00251. The van der Waals surface area contributed by atoms with Gasteiger partial charge in [-0.3, -0.25) is 14.9 Å². The summed E-state index contributed by atoms with van der Waals surface area (Å²) in [4.78, 5) is 28.2. The highest BCUT2D eigenvalue weighted by atomic mass is 35.5. The predicted molar refractivity (Wildman–Crippen MR) is 107 cm³/mol. The molecule has 5 nitrogen and oxygen atoms in total. The second-order valence-corrected chi connectivity index (χ2v) is 7.57. The molecule has 1 aromatic heterocycles. The lowest BCUT2D eigenvalue weighted by molar-refractivity contribution is -0.118. The zero-order valence-electron chi connectivity index (χ0n) is 13.9. The first-order valence-corrected chi connectivity index (χ1v) is 9.47. The average Bonchev–Trinajstić information content (AvgIpc) is 3.06. The van der Waals surface area contributed by atoms with Crippen LogP contribution < -0.4 is 10.1 Å². The van der Waals surface area contributed by atoms with Crippen molar-refractivity contribution in [3.63, 3.8) is 0 Å². The number of rotatable bonds is 7. The number of anilines is 1. The Labute approximate surface area is 169 Å². The van der Waals surface area contributed by atoms with Gasteiger partial charge in [0.25, 0.3) is 5.91 Å². The zero-order chi connectivity index (χ0) is 19.2. The molecule has 3 rings (SSSR count). The maximum absolute atomic E-state index is 12.0. The summed E-state index contributed by atoms with van der Waals surface area (Å²) < 4.78 is 5.40. The zero-order valence-corrected chi connectivity index (χ0v) is 16.3. The Morgan fingerprint density at radius 3 is 2.67 bits per heavy atom. The number of halogens is 2. The molecule has 0 unspecified atom stereocenters. The fourth-order valence-corrected chi connectivity index (χ4v) is 3.80. The van der Waals surface area contributed by atoms with Crippen LogP contribution in [0.15, 0.2) is 48.7 Å². The molecule has 0 fully saturated rings. The van der Waals surface area contributed by atoms with Crippen molar-refractivity contribution in [2.45, 2.75) is 6.42 Å². The second kappa shape index (κ2) is 8.99. The molecule has 0 aliphatic carbocycles.